The number of fused-ring (bicyclic) bond motifs is 1. The highest BCUT2D eigenvalue weighted by molar-refractivity contribution is 7.18. The summed E-state index contributed by atoms with van der Waals surface area (Å²) in [5.41, 5.74) is 0. The first-order valence-electron chi connectivity index (χ1n) is 6.55. The van der Waals surface area contributed by atoms with Crippen LogP contribution in [0, 0.1) is 0 Å². The molecule has 1 unspecified atom stereocenters. The Balaban J connectivity index is 2.33. The average Bonchev–Trinajstić information content (AvgIpc) is 2.81. The number of likely N-dealkylation sites (N-methyl/N-ethyl adjacent to an activating group) is 1. The molecule has 2 aromatic heterocycles. The number of carbonyl (C=O) groups is 1. The van der Waals surface area contributed by atoms with Crippen LogP contribution in [0.4, 0.5) is 5.82 Å². The average molecular weight is 313 g/mol. The standard InChI is InChI=1S/C13H17ClN4OS/c1-4-8-6-9-10(16-7(3)11(19)15-5-2)17-13(14)18-12(9)20-8/h6-7H,4-5H2,1-3H3,(H,15,19)(H,16,17,18). The molecule has 2 heterocycles. The molecule has 0 aliphatic carbocycles. The second kappa shape index (κ2) is 6.37. The first-order chi connectivity index (χ1) is 9.55. The molecular weight excluding hydrogens is 296 g/mol. The number of carbonyl (C=O) groups excluding carboxylic acids is 1. The van der Waals surface area contributed by atoms with Gasteiger partial charge in [0, 0.05) is 11.4 Å². The van der Waals surface area contributed by atoms with Crippen molar-refractivity contribution in [2.45, 2.75) is 33.2 Å². The number of aryl methyl sites for hydroxylation is 1. The van der Waals surface area contributed by atoms with Crippen molar-refractivity contribution in [1.82, 2.24) is 15.3 Å². The number of amides is 1. The minimum Gasteiger partial charge on any atom is -0.358 e. The second-order valence-corrected chi connectivity index (χ2v) is 5.84. The molecule has 1 atom stereocenters. The fraction of sp³-hybridized carbons (Fsp3) is 0.462. The molecule has 2 N–H and O–H groups in total. The minimum atomic E-state index is -0.380. The molecule has 1 amide bonds. The summed E-state index contributed by atoms with van der Waals surface area (Å²) in [5.74, 6) is 0.538. The van der Waals surface area contributed by atoms with E-state index < -0.39 is 0 Å². The SMILES string of the molecule is CCNC(=O)C(C)Nc1nc(Cl)nc2sc(CC)cc12. The Morgan fingerprint density at radius 2 is 2.20 bits per heavy atom. The highest BCUT2D eigenvalue weighted by Gasteiger charge is 2.16. The zero-order valence-electron chi connectivity index (χ0n) is 11.7. The maximum atomic E-state index is 11.8. The minimum absolute atomic E-state index is 0.0682. The van der Waals surface area contributed by atoms with Crippen LogP contribution in [-0.4, -0.2) is 28.5 Å². The van der Waals surface area contributed by atoms with Gasteiger partial charge in [0.25, 0.3) is 0 Å². The van der Waals surface area contributed by atoms with E-state index in [1.165, 1.54) is 4.88 Å². The van der Waals surface area contributed by atoms with Crippen LogP contribution in [0.25, 0.3) is 10.2 Å². The smallest absolute Gasteiger partial charge is 0.242 e. The largest absolute Gasteiger partial charge is 0.358 e. The summed E-state index contributed by atoms with van der Waals surface area (Å²) in [4.78, 5) is 22.3. The van der Waals surface area contributed by atoms with E-state index in [9.17, 15) is 4.79 Å². The molecule has 2 rings (SSSR count). The monoisotopic (exact) mass is 312 g/mol. The topological polar surface area (TPSA) is 66.9 Å². The Labute approximate surface area is 126 Å². The normalized spacial score (nSPS) is 12.4. The highest BCUT2D eigenvalue weighted by atomic mass is 35.5. The maximum absolute atomic E-state index is 11.8. The van der Waals surface area contributed by atoms with Crippen molar-refractivity contribution in [3.8, 4) is 0 Å². The summed E-state index contributed by atoms with van der Waals surface area (Å²) in [5, 5.41) is 6.97. The Kier molecular flexibility index (Phi) is 4.77. The summed E-state index contributed by atoms with van der Waals surface area (Å²) >= 11 is 7.54. The number of hydrogen-bond donors (Lipinski definition) is 2. The van der Waals surface area contributed by atoms with Crippen molar-refractivity contribution in [2.24, 2.45) is 0 Å². The zero-order chi connectivity index (χ0) is 14.7. The van der Waals surface area contributed by atoms with E-state index in [2.05, 4.69) is 27.5 Å². The summed E-state index contributed by atoms with van der Waals surface area (Å²) < 4.78 is 0. The lowest BCUT2D eigenvalue weighted by Gasteiger charge is -2.14. The van der Waals surface area contributed by atoms with E-state index in [1.807, 2.05) is 13.0 Å². The van der Waals surface area contributed by atoms with Crippen LogP contribution in [0.1, 0.15) is 25.6 Å². The molecule has 0 aromatic carbocycles. The van der Waals surface area contributed by atoms with Crippen molar-refractivity contribution < 1.29 is 4.79 Å². The van der Waals surface area contributed by atoms with E-state index >= 15 is 0 Å². The lowest BCUT2D eigenvalue weighted by Crippen LogP contribution is -2.37. The Bertz CT molecular complexity index is 628. The number of hydrogen-bond acceptors (Lipinski definition) is 5. The van der Waals surface area contributed by atoms with Gasteiger partial charge >= 0.3 is 0 Å². The van der Waals surface area contributed by atoms with Crippen molar-refractivity contribution in [3.63, 3.8) is 0 Å². The van der Waals surface area contributed by atoms with Gasteiger partial charge < -0.3 is 10.6 Å². The molecular formula is C13H17ClN4OS. The molecule has 108 valence electrons. The van der Waals surface area contributed by atoms with Crippen molar-refractivity contribution in [3.05, 3.63) is 16.2 Å². The summed E-state index contributed by atoms with van der Waals surface area (Å²) in [7, 11) is 0. The van der Waals surface area contributed by atoms with Gasteiger partial charge in [-0.2, -0.15) is 0 Å². The van der Waals surface area contributed by atoms with Crippen LogP contribution in [0.2, 0.25) is 5.28 Å². The predicted octanol–water partition coefficient (Wildman–Crippen LogP) is 2.84. The third kappa shape index (κ3) is 3.19. The number of anilines is 1. The Hall–Kier alpha value is -1.40. The number of aromatic nitrogens is 2. The van der Waals surface area contributed by atoms with Gasteiger partial charge in [0.05, 0.1) is 5.39 Å². The third-order valence-electron chi connectivity index (χ3n) is 2.86. The molecule has 7 heteroatoms. The van der Waals surface area contributed by atoms with Crippen LogP contribution < -0.4 is 10.6 Å². The molecule has 0 saturated heterocycles. The van der Waals surface area contributed by atoms with Crippen LogP contribution in [0.5, 0.6) is 0 Å². The van der Waals surface area contributed by atoms with Gasteiger partial charge in [0.2, 0.25) is 11.2 Å². The Morgan fingerprint density at radius 3 is 2.85 bits per heavy atom. The molecule has 0 fully saturated rings. The maximum Gasteiger partial charge on any atom is 0.242 e. The predicted molar refractivity (Wildman–Crippen MR) is 83.6 cm³/mol. The van der Waals surface area contributed by atoms with E-state index in [1.54, 1.807) is 18.3 Å². The van der Waals surface area contributed by atoms with Crippen molar-refractivity contribution in [1.29, 1.82) is 0 Å². The lowest BCUT2D eigenvalue weighted by molar-refractivity contribution is -0.121. The van der Waals surface area contributed by atoms with Crippen LogP contribution in [0.3, 0.4) is 0 Å². The number of rotatable bonds is 5. The molecule has 5 nitrogen and oxygen atoms in total. The summed E-state index contributed by atoms with van der Waals surface area (Å²) in [6.07, 6.45) is 0.934. The van der Waals surface area contributed by atoms with Crippen LogP contribution >= 0.6 is 22.9 Å². The molecule has 0 aliphatic rings. The fourth-order valence-corrected chi connectivity index (χ4v) is 3.01. The quantitative estimate of drug-likeness (QED) is 0.833. The van der Waals surface area contributed by atoms with Crippen molar-refractivity contribution >= 4 is 44.9 Å². The second-order valence-electron chi connectivity index (χ2n) is 4.39. The van der Waals surface area contributed by atoms with Gasteiger partial charge in [-0.15, -0.1) is 11.3 Å². The summed E-state index contributed by atoms with van der Waals surface area (Å²) in [6.45, 7) is 6.37. The molecule has 0 spiro atoms. The molecule has 0 saturated carbocycles. The Morgan fingerprint density at radius 1 is 1.45 bits per heavy atom. The molecule has 0 aliphatic heterocycles. The van der Waals surface area contributed by atoms with Crippen LogP contribution in [-0.2, 0) is 11.2 Å². The fourth-order valence-electron chi connectivity index (χ4n) is 1.83. The number of halogens is 1. The van der Waals surface area contributed by atoms with Gasteiger partial charge in [-0.05, 0) is 37.9 Å². The number of thiophene rings is 1. The lowest BCUT2D eigenvalue weighted by atomic mass is 10.2. The van der Waals surface area contributed by atoms with Gasteiger partial charge in [0.15, 0.2) is 0 Å². The molecule has 0 bridgehead atoms. The third-order valence-corrected chi connectivity index (χ3v) is 4.20. The molecule has 20 heavy (non-hydrogen) atoms. The molecule has 0 radical (unpaired) electrons. The number of nitrogens with one attached hydrogen (secondary N) is 2. The van der Waals surface area contributed by atoms with Gasteiger partial charge in [-0.1, -0.05) is 6.92 Å². The van der Waals surface area contributed by atoms with Gasteiger partial charge in [0.1, 0.15) is 16.7 Å². The first kappa shape index (κ1) is 15.0. The van der Waals surface area contributed by atoms with E-state index in [-0.39, 0.29) is 17.2 Å². The summed E-state index contributed by atoms with van der Waals surface area (Å²) in [6, 6.07) is 1.66. The van der Waals surface area contributed by atoms with Crippen molar-refractivity contribution in [2.75, 3.05) is 11.9 Å². The molecule has 2 aromatic rings. The van der Waals surface area contributed by atoms with Gasteiger partial charge in [-0.25, -0.2) is 9.97 Å². The van der Waals surface area contributed by atoms with E-state index in [4.69, 9.17) is 11.6 Å². The van der Waals surface area contributed by atoms with E-state index in [0.717, 1.165) is 16.6 Å². The zero-order valence-corrected chi connectivity index (χ0v) is 13.2. The van der Waals surface area contributed by atoms with Crippen LogP contribution in [0.15, 0.2) is 6.07 Å². The number of nitrogens with zero attached hydrogens (tertiary/aromatic N) is 2. The first-order valence-corrected chi connectivity index (χ1v) is 7.74. The van der Waals surface area contributed by atoms with Gasteiger partial charge in [-0.3, -0.25) is 4.79 Å². The van der Waals surface area contributed by atoms with E-state index in [0.29, 0.717) is 12.4 Å². The highest BCUT2D eigenvalue weighted by Crippen LogP contribution is 2.30.